The predicted molar refractivity (Wildman–Crippen MR) is 109 cm³/mol. The third-order valence-electron chi connectivity index (χ3n) is 4.24. The van der Waals surface area contributed by atoms with Crippen molar-refractivity contribution in [2.75, 3.05) is 19.0 Å². The Labute approximate surface area is 161 Å². The van der Waals surface area contributed by atoms with E-state index in [1.165, 1.54) is 0 Å². The molecule has 2 heterocycles. The lowest BCUT2D eigenvalue weighted by atomic mass is 10.2. The molecule has 5 nitrogen and oxygen atoms in total. The van der Waals surface area contributed by atoms with Crippen LogP contribution in [0.4, 0.5) is 5.69 Å². The number of amides is 1. The van der Waals surface area contributed by atoms with Crippen molar-refractivity contribution in [2.24, 2.45) is 0 Å². The molecule has 0 saturated carbocycles. The van der Waals surface area contributed by atoms with Crippen LogP contribution in [0.5, 0.6) is 0 Å². The molecule has 136 valence electrons. The maximum Gasteiger partial charge on any atom is 0.251 e. The van der Waals surface area contributed by atoms with E-state index in [1.807, 2.05) is 79.7 Å². The molecule has 6 heteroatoms. The van der Waals surface area contributed by atoms with Gasteiger partial charge in [0.1, 0.15) is 5.76 Å². The van der Waals surface area contributed by atoms with E-state index in [9.17, 15) is 4.79 Å². The van der Waals surface area contributed by atoms with E-state index in [0.29, 0.717) is 17.9 Å². The van der Waals surface area contributed by atoms with Crippen LogP contribution in [0, 0.1) is 0 Å². The molecule has 4 aromatic rings. The SMILES string of the molecule is CN(C)c1ccc(C(=O)NCc2ccc(-c3nc4ccccc4s3)o2)cc1. The van der Waals surface area contributed by atoms with E-state index in [1.54, 1.807) is 11.3 Å². The van der Waals surface area contributed by atoms with Crippen molar-refractivity contribution >= 4 is 33.1 Å². The zero-order valence-corrected chi connectivity index (χ0v) is 15.9. The topological polar surface area (TPSA) is 58.4 Å². The van der Waals surface area contributed by atoms with Crippen molar-refractivity contribution in [3.05, 3.63) is 72.0 Å². The van der Waals surface area contributed by atoms with Gasteiger partial charge in [-0.2, -0.15) is 0 Å². The van der Waals surface area contributed by atoms with Gasteiger partial charge in [0.25, 0.3) is 5.91 Å². The van der Waals surface area contributed by atoms with Crippen molar-refractivity contribution in [3.8, 4) is 10.8 Å². The standard InChI is InChI=1S/C21H19N3O2S/c1-24(2)15-9-7-14(8-10-15)20(25)22-13-16-11-12-18(26-16)21-23-17-5-3-4-6-19(17)27-21/h3-12H,13H2,1-2H3,(H,22,25). The fourth-order valence-corrected chi connectivity index (χ4v) is 3.67. The molecule has 4 rings (SSSR count). The number of benzene rings is 2. The molecule has 0 aliphatic carbocycles. The summed E-state index contributed by atoms with van der Waals surface area (Å²) in [6.07, 6.45) is 0. The minimum absolute atomic E-state index is 0.127. The van der Waals surface area contributed by atoms with Crippen LogP contribution in [0.25, 0.3) is 21.0 Å². The number of hydrogen-bond acceptors (Lipinski definition) is 5. The first kappa shape index (κ1) is 17.3. The first-order valence-electron chi connectivity index (χ1n) is 8.60. The van der Waals surface area contributed by atoms with Gasteiger partial charge in [0.05, 0.1) is 16.8 Å². The summed E-state index contributed by atoms with van der Waals surface area (Å²) in [6, 6.07) is 19.3. The van der Waals surface area contributed by atoms with Crippen LogP contribution < -0.4 is 10.2 Å². The number of furan rings is 1. The van der Waals surface area contributed by atoms with Crippen LogP contribution in [0.2, 0.25) is 0 Å². The van der Waals surface area contributed by atoms with Gasteiger partial charge in [-0.1, -0.05) is 12.1 Å². The third kappa shape index (κ3) is 3.71. The molecule has 1 N–H and O–H groups in total. The molecular formula is C21H19N3O2S. The molecule has 2 aromatic carbocycles. The molecule has 0 bridgehead atoms. The van der Waals surface area contributed by atoms with Gasteiger partial charge in [-0.25, -0.2) is 4.98 Å². The highest BCUT2D eigenvalue weighted by molar-refractivity contribution is 7.21. The summed E-state index contributed by atoms with van der Waals surface area (Å²) >= 11 is 1.59. The second-order valence-corrected chi connectivity index (χ2v) is 7.41. The maximum atomic E-state index is 12.3. The minimum atomic E-state index is -0.127. The maximum absolute atomic E-state index is 12.3. The zero-order chi connectivity index (χ0) is 18.8. The Morgan fingerprint density at radius 2 is 1.85 bits per heavy atom. The largest absolute Gasteiger partial charge is 0.457 e. The van der Waals surface area contributed by atoms with Crippen LogP contribution in [-0.2, 0) is 6.54 Å². The van der Waals surface area contributed by atoms with Gasteiger partial charge in [-0.3, -0.25) is 4.79 Å². The van der Waals surface area contributed by atoms with Gasteiger partial charge in [-0.05, 0) is 48.5 Å². The molecule has 0 spiro atoms. The number of hydrogen-bond donors (Lipinski definition) is 1. The van der Waals surface area contributed by atoms with E-state index in [2.05, 4.69) is 10.3 Å². The Morgan fingerprint density at radius 3 is 2.59 bits per heavy atom. The molecule has 0 fully saturated rings. The highest BCUT2D eigenvalue weighted by atomic mass is 32.1. The summed E-state index contributed by atoms with van der Waals surface area (Å²) < 4.78 is 6.99. The van der Waals surface area contributed by atoms with Crippen LogP contribution in [-0.4, -0.2) is 25.0 Å². The quantitative estimate of drug-likeness (QED) is 0.554. The number of anilines is 1. The molecular weight excluding hydrogens is 358 g/mol. The molecule has 1 amide bonds. The summed E-state index contributed by atoms with van der Waals surface area (Å²) in [5.41, 5.74) is 2.64. The Bertz CT molecular complexity index is 1050. The number of nitrogens with zero attached hydrogens (tertiary/aromatic N) is 2. The summed E-state index contributed by atoms with van der Waals surface area (Å²) in [7, 11) is 3.93. The lowest BCUT2D eigenvalue weighted by Gasteiger charge is -2.12. The Kier molecular flexibility index (Phi) is 4.64. The van der Waals surface area contributed by atoms with Crippen molar-refractivity contribution in [1.82, 2.24) is 10.3 Å². The molecule has 0 saturated heterocycles. The number of fused-ring (bicyclic) bond motifs is 1. The number of nitrogens with one attached hydrogen (secondary N) is 1. The van der Waals surface area contributed by atoms with E-state index in [4.69, 9.17) is 4.42 Å². The number of thiazole rings is 1. The third-order valence-corrected chi connectivity index (χ3v) is 5.29. The molecule has 0 radical (unpaired) electrons. The molecule has 0 atom stereocenters. The Hall–Kier alpha value is -3.12. The van der Waals surface area contributed by atoms with Crippen molar-refractivity contribution < 1.29 is 9.21 Å². The van der Waals surface area contributed by atoms with Gasteiger partial charge < -0.3 is 14.6 Å². The van der Waals surface area contributed by atoms with Gasteiger partial charge >= 0.3 is 0 Å². The summed E-state index contributed by atoms with van der Waals surface area (Å²) in [5.74, 6) is 1.29. The molecule has 2 aromatic heterocycles. The van der Waals surface area contributed by atoms with Crippen LogP contribution in [0.1, 0.15) is 16.1 Å². The van der Waals surface area contributed by atoms with Crippen molar-refractivity contribution in [2.45, 2.75) is 6.54 Å². The second kappa shape index (κ2) is 7.25. The second-order valence-electron chi connectivity index (χ2n) is 6.38. The molecule has 0 unspecified atom stereocenters. The predicted octanol–water partition coefficient (Wildman–Crippen LogP) is 4.55. The number of para-hydroxylation sites is 1. The van der Waals surface area contributed by atoms with Crippen molar-refractivity contribution in [3.63, 3.8) is 0 Å². The lowest BCUT2D eigenvalue weighted by Crippen LogP contribution is -2.22. The Balaban J connectivity index is 1.42. The van der Waals surface area contributed by atoms with E-state index < -0.39 is 0 Å². The average molecular weight is 377 g/mol. The Morgan fingerprint density at radius 1 is 1.07 bits per heavy atom. The summed E-state index contributed by atoms with van der Waals surface area (Å²) in [4.78, 5) is 18.9. The zero-order valence-electron chi connectivity index (χ0n) is 15.1. The fourth-order valence-electron chi connectivity index (χ4n) is 2.75. The monoisotopic (exact) mass is 377 g/mol. The van der Waals surface area contributed by atoms with Crippen LogP contribution >= 0.6 is 11.3 Å². The molecule has 27 heavy (non-hydrogen) atoms. The highest BCUT2D eigenvalue weighted by Crippen LogP contribution is 2.31. The lowest BCUT2D eigenvalue weighted by molar-refractivity contribution is 0.0948. The number of aromatic nitrogens is 1. The number of rotatable bonds is 5. The fraction of sp³-hybridized carbons (Fsp3) is 0.143. The van der Waals surface area contributed by atoms with Crippen LogP contribution in [0.3, 0.4) is 0 Å². The van der Waals surface area contributed by atoms with Gasteiger partial charge in [-0.15, -0.1) is 11.3 Å². The average Bonchev–Trinajstić information content (AvgIpc) is 3.32. The normalized spacial score (nSPS) is 10.9. The van der Waals surface area contributed by atoms with E-state index >= 15 is 0 Å². The molecule has 0 aliphatic rings. The highest BCUT2D eigenvalue weighted by Gasteiger charge is 2.12. The summed E-state index contributed by atoms with van der Waals surface area (Å²) in [6.45, 7) is 0.333. The molecule has 0 aliphatic heterocycles. The first-order chi connectivity index (χ1) is 13.1. The van der Waals surface area contributed by atoms with Crippen LogP contribution in [0.15, 0.2) is 65.1 Å². The number of carbonyl (C=O) groups is 1. The van der Waals surface area contributed by atoms with Gasteiger partial charge in [0, 0.05) is 25.3 Å². The van der Waals surface area contributed by atoms with Gasteiger partial charge in [0.15, 0.2) is 10.8 Å². The first-order valence-corrected chi connectivity index (χ1v) is 9.42. The number of carbonyl (C=O) groups excluding carboxylic acids is 1. The van der Waals surface area contributed by atoms with E-state index in [-0.39, 0.29) is 5.91 Å². The van der Waals surface area contributed by atoms with Gasteiger partial charge in [0.2, 0.25) is 0 Å². The smallest absolute Gasteiger partial charge is 0.251 e. The van der Waals surface area contributed by atoms with E-state index in [0.717, 1.165) is 26.7 Å². The minimum Gasteiger partial charge on any atom is -0.457 e. The summed E-state index contributed by atoms with van der Waals surface area (Å²) in [5, 5.41) is 3.73. The van der Waals surface area contributed by atoms with Crippen molar-refractivity contribution in [1.29, 1.82) is 0 Å².